The van der Waals surface area contributed by atoms with Gasteiger partial charge in [-0.1, -0.05) is 0 Å². The minimum Gasteiger partial charge on any atom is -0.230 e. The van der Waals surface area contributed by atoms with Gasteiger partial charge in [0.2, 0.25) is 0 Å². The molecule has 96 valence electrons. The number of hydrogen-bond donors (Lipinski definition) is 1. The lowest BCUT2D eigenvalue weighted by Gasteiger charge is -2.63. The fraction of sp³-hybridized carbons (Fsp3) is 1.00. The summed E-state index contributed by atoms with van der Waals surface area (Å²) in [6.45, 7) is 0. The largest absolute Gasteiger partial charge is 0.230 e. The van der Waals surface area contributed by atoms with Crippen LogP contribution in [0.15, 0.2) is 0 Å². The molecule has 0 radical (unpaired) electrons. The third-order valence-electron chi connectivity index (χ3n) is 6.83. The van der Waals surface area contributed by atoms with Crippen molar-refractivity contribution in [2.75, 3.05) is 0 Å². The second-order valence-electron chi connectivity index (χ2n) is 7.42. The molecule has 1 spiro atoms. The van der Waals surface area contributed by atoms with E-state index in [2.05, 4.69) is 4.84 Å². The van der Waals surface area contributed by atoms with Gasteiger partial charge in [0.05, 0.1) is 0 Å². The molecule has 0 aromatic carbocycles. The average molecular weight is 254 g/mol. The van der Waals surface area contributed by atoms with Gasteiger partial charge in [0.25, 0.3) is 0 Å². The Morgan fingerprint density at radius 1 is 0.824 bits per heavy atom. The minimum atomic E-state index is 0.597. The molecule has 0 atom stereocenters. The van der Waals surface area contributed by atoms with E-state index < -0.39 is 0 Å². The first kappa shape index (κ1) is 11.1. The van der Waals surface area contributed by atoms with E-state index in [1.54, 1.807) is 32.1 Å². The summed E-state index contributed by atoms with van der Waals surface area (Å²) in [6.07, 6.45) is 13.5. The standard InChI is InChI=1S/C15H24ClN/c16-17-14-1-3-15(4-2-14)12-6-10-5-11(8-12)9-13(15)7-10/h10-14,17H,1-9H2. The van der Waals surface area contributed by atoms with Crippen LogP contribution in [-0.4, -0.2) is 6.04 Å². The van der Waals surface area contributed by atoms with Crippen LogP contribution in [0.25, 0.3) is 0 Å². The Hall–Kier alpha value is 0.250. The maximum Gasteiger partial charge on any atom is 0.0221 e. The molecule has 5 saturated carbocycles. The van der Waals surface area contributed by atoms with Crippen LogP contribution in [0, 0.1) is 29.1 Å². The summed E-state index contributed by atoms with van der Waals surface area (Å²) < 4.78 is 0. The zero-order chi connectivity index (χ0) is 11.5. The van der Waals surface area contributed by atoms with Crippen molar-refractivity contribution >= 4 is 11.8 Å². The summed E-state index contributed by atoms with van der Waals surface area (Å²) in [5, 5.41) is 0. The molecule has 0 heterocycles. The zero-order valence-electron chi connectivity index (χ0n) is 10.6. The highest BCUT2D eigenvalue weighted by Crippen LogP contribution is 2.66. The second kappa shape index (κ2) is 3.87. The number of nitrogens with one attached hydrogen (secondary N) is 1. The van der Waals surface area contributed by atoms with Gasteiger partial charge in [-0.3, -0.25) is 0 Å². The number of hydrogen-bond acceptors (Lipinski definition) is 1. The van der Waals surface area contributed by atoms with Crippen molar-refractivity contribution in [3.05, 3.63) is 0 Å². The Morgan fingerprint density at radius 2 is 1.35 bits per heavy atom. The molecular weight excluding hydrogens is 230 g/mol. The predicted octanol–water partition coefficient (Wildman–Crippen LogP) is 4.11. The Bertz CT molecular complexity index is 276. The maximum absolute atomic E-state index is 5.81. The molecule has 0 aromatic rings. The molecule has 1 N–H and O–H groups in total. The zero-order valence-corrected chi connectivity index (χ0v) is 11.4. The fourth-order valence-corrected chi connectivity index (χ4v) is 6.42. The molecule has 5 aliphatic carbocycles. The average Bonchev–Trinajstić information content (AvgIpc) is 2.36. The van der Waals surface area contributed by atoms with Crippen molar-refractivity contribution in [2.45, 2.75) is 63.8 Å². The second-order valence-corrected chi connectivity index (χ2v) is 7.64. The third kappa shape index (κ3) is 1.54. The molecule has 17 heavy (non-hydrogen) atoms. The summed E-state index contributed by atoms with van der Waals surface area (Å²) >= 11 is 5.81. The highest BCUT2D eigenvalue weighted by atomic mass is 35.5. The molecule has 0 unspecified atom stereocenters. The topological polar surface area (TPSA) is 12.0 Å². The molecule has 2 heteroatoms. The monoisotopic (exact) mass is 253 g/mol. The van der Waals surface area contributed by atoms with Crippen molar-refractivity contribution in [2.24, 2.45) is 29.1 Å². The Kier molecular flexibility index (Phi) is 2.53. The van der Waals surface area contributed by atoms with Gasteiger partial charge >= 0.3 is 0 Å². The fourth-order valence-electron chi connectivity index (χ4n) is 6.20. The van der Waals surface area contributed by atoms with Crippen LogP contribution in [0.1, 0.15) is 57.8 Å². The number of halogens is 1. The molecule has 0 aromatic heterocycles. The van der Waals surface area contributed by atoms with Crippen molar-refractivity contribution in [3.63, 3.8) is 0 Å². The van der Waals surface area contributed by atoms with Gasteiger partial charge in [0.1, 0.15) is 0 Å². The SMILES string of the molecule is ClNC1CCC2(CC1)C1CC3CC(C1)CC2C3. The molecule has 0 saturated heterocycles. The summed E-state index contributed by atoms with van der Waals surface area (Å²) in [4.78, 5) is 2.98. The Morgan fingerprint density at radius 3 is 1.82 bits per heavy atom. The van der Waals surface area contributed by atoms with Gasteiger partial charge in [-0.05, 0) is 98.7 Å². The molecule has 5 fully saturated rings. The minimum absolute atomic E-state index is 0.597. The molecule has 4 bridgehead atoms. The molecule has 5 rings (SSSR count). The van der Waals surface area contributed by atoms with E-state index in [9.17, 15) is 0 Å². The van der Waals surface area contributed by atoms with Crippen molar-refractivity contribution in [3.8, 4) is 0 Å². The van der Waals surface area contributed by atoms with Crippen molar-refractivity contribution < 1.29 is 0 Å². The molecular formula is C15H24ClN. The first-order valence-electron chi connectivity index (χ1n) is 7.66. The van der Waals surface area contributed by atoms with E-state index in [-0.39, 0.29) is 0 Å². The normalized spacial score (nSPS) is 56.6. The first-order valence-corrected chi connectivity index (χ1v) is 8.04. The van der Waals surface area contributed by atoms with E-state index >= 15 is 0 Å². The summed E-state index contributed by atoms with van der Waals surface area (Å²) in [7, 11) is 0. The van der Waals surface area contributed by atoms with Crippen LogP contribution in [-0.2, 0) is 0 Å². The van der Waals surface area contributed by atoms with Crippen LogP contribution in [0.5, 0.6) is 0 Å². The maximum atomic E-state index is 5.81. The van der Waals surface area contributed by atoms with Gasteiger partial charge in [-0.15, -0.1) is 0 Å². The summed E-state index contributed by atoms with van der Waals surface area (Å²) in [6, 6.07) is 0.597. The molecule has 0 aliphatic heterocycles. The summed E-state index contributed by atoms with van der Waals surface area (Å²) in [5.41, 5.74) is 0.762. The highest BCUT2D eigenvalue weighted by Gasteiger charge is 2.57. The molecule has 5 aliphatic rings. The smallest absolute Gasteiger partial charge is 0.0221 e. The van der Waals surface area contributed by atoms with E-state index in [0.29, 0.717) is 6.04 Å². The van der Waals surface area contributed by atoms with Crippen LogP contribution in [0.2, 0.25) is 0 Å². The summed E-state index contributed by atoms with van der Waals surface area (Å²) in [5.74, 6) is 4.42. The van der Waals surface area contributed by atoms with Gasteiger partial charge in [0, 0.05) is 6.04 Å². The third-order valence-corrected chi connectivity index (χ3v) is 7.14. The van der Waals surface area contributed by atoms with Crippen LogP contribution >= 0.6 is 11.8 Å². The lowest BCUT2D eigenvalue weighted by atomic mass is 9.42. The first-order chi connectivity index (χ1) is 8.30. The lowest BCUT2D eigenvalue weighted by molar-refractivity contribution is -0.128. The van der Waals surface area contributed by atoms with Gasteiger partial charge in [0.15, 0.2) is 0 Å². The molecule has 1 nitrogen and oxygen atoms in total. The highest BCUT2D eigenvalue weighted by molar-refractivity contribution is 6.13. The van der Waals surface area contributed by atoms with Crippen molar-refractivity contribution in [1.82, 2.24) is 4.84 Å². The van der Waals surface area contributed by atoms with Crippen LogP contribution in [0.3, 0.4) is 0 Å². The van der Waals surface area contributed by atoms with Crippen LogP contribution in [0.4, 0.5) is 0 Å². The lowest BCUT2D eigenvalue weighted by Crippen LogP contribution is -2.55. The Balaban J connectivity index is 1.58. The van der Waals surface area contributed by atoms with E-state index in [1.165, 1.54) is 25.7 Å². The van der Waals surface area contributed by atoms with Gasteiger partial charge in [-0.2, -0.15) is 0 Å². The molecule has 0 amide bonds. The quantitative estimate of drug-likeness (QED) is 0.694. The van der Waals surface area contributed by atoms with E-state index in [0.717, 1.165) is 29.1 Å². The van der Waals surface area contributed by atoms with Gasteiger partial charge < -0.3 is 0 Å². The van der Waals surface area contributed by atoms with Crippen LogP contribution < -0.4 is 4.84 Å². The van der Waals surface area contributed by atoms with E-state index in [1.807, 2.05) is 0 Å². The van der Waals surface area contributed by atoms with Gasteiger partial charge in [-0.25, -0.2) is 4.84 Å². The Labute approximate surface area is 110 Å². The van der Waals surface area contributed by atoms with Crippen molar-refractivity contribution in [1.29, 1.82) is 0 Å². The van der Waals surface area contributed by atoms with E-state index in [4.69, 9.17) is 11.8 Å². The number of rotatable bonds is 1. The predicted molar refractivity (Wildman–Crippen MR) is 70.7 cm³/mol.